The van der Waals surface area contributed by atoms with Crippen molar-refractivity contribution in [3.8, 4) is 0 Å². The Balaban J connectivity index is 1.84. The Morgan fingerprint density at radius 2 is 1.89 bits per heavy atom. The van der Waals surface area contributed by atoms with Crippen LogP contribution in [0, 0.1) is 6.92 Å². The Morgan fingerprint density at radius 3 is 2.44 bits per heavy atom. The molecule has 2 rings (SSSR count). The lowest BCUT2D eigenvalue weighted by Crippen LogP contribution is -2.44. The summed E-state index contributed by atoms with van der Waals surface area (Å²) in [7, 11) is 0. The third-order valence-electron chi connectivity index (χ3n) is 4.60. The van der Waals surface area contributed by atoms with E-state index < -0.39 is 42.0 Å². The molecule has 27 heavy (non-hydrogen) atoms. The molecule has 2 N–H and O–H groups in total. The second-order valence-corrected chi connectivity index (χ2v) is 6.84. The van der Waals surface area contributed by atoms with E-state index in [2.05, 4.69) is 10.6 Å². The van der Waals surface area contributed by atoms with Gasteiger partial charge in [0.1, 0.15) is 12.1 Å². The number of imide groups is 1. The van der Waals surface area contributed by atoms with Crippen molar-refractivity contribution >= 4 is 23.8 Å². The smallest absolute Gasteiger partial charge is 0.327 e. The Labute approximate surface area is 158 Å². The molecule has 8 heteroatoms. The van der Waals surface area contributed by atoms with Gasteiger partial charge in [-0.25, -0.2) is 4.79 Å². The fraction of sp³-hybridized carbons (Fsp3) is 0.474. The van der Waals surface area contributed by atoms with Gasteiger partial charge in [0.2, 0.25) is 0 Å². The molecule has 0 bridgehead atoms. The summed E-state index contributed by atoms with van der Waals surface area (Å²) in [5, 5.41) is 5.23. The zero-order chi connectivity index (χ0) is 20.2. The number of carbonyl (C=O) groups is 4. The molecule has 0 radical (unpaired) electrons. The molecule has 1 aromatic rings. The van der Waals surface area contributed by atoms with Crippen molar-refractivity contribution in [2.24, 2.45) is 0 Å². The Morgan fingerprint density at radius 1 is 1.26 bits per heavy atom. The number of nitrogens with one attached hydrogen (secondary N) is 2. The third-order valence-corrected chi connectivity index (χ3v) is 4.60. The first-order valence-corrected chi connectivity index (χ1v) is 8.83. The average Bonchev–Trinajstić information content (AvgIpc) is 2.84. The quantitative estimate of drug-likeness (QED) is 0.551. The third kappa shape index (κ3) is 4.84. The van der Waals surface area contributed by atoms with Gasteiger partial charge >= 0.3 is 12.0 Å². The molecule has 1 fully saturated rings. The molecule has 146 valence electrons. The van der Waals surface area contributed by atoms with Gasteiger partial charge in [-0.1, -0.05) is 36.8 Å². The largest absolute Gasteiger partial charge is 0.451 e. The minimum Gasteiger partial charge on any atom is -0.451 e. The molecule has 4 amide bonds. The molecule has 8 nitrogen and oxygen atoms in total. The number of aryl methyl sites for hydroxylation is 1. The summed E-state index contributed by atoms with van der Waals surface area (Å²) in [6, 6.07) is 7.03. The van der Waals surface area contributed by atoms with Crippen LogP contribution in [0.15, 0.2) is 24.3 Å². The maximum Gasteiger partial charge on any atom is 0.327 e. The molecular formula is C19H25N3O5. The minimum absolute atomic E-state index is 0.308. The van der Waals surface area contributed by atoms with Crippen LogP contribution in [0.4, 0.5) is 4.79 Å². The van der Waals surface area contributed by atoms with E-state index >= 15 is 0 Å². The number of rotatable bonds is 7. The van der Waals surface area contributed by atoms with Crippen LogP contribution in [0.3, 0.4) is 0 Å². The molecule has 0 spiro atoms. The molecule has 2 atom stereocenters. The highest BCUT2D eigenvalue weighted by Gasteiger charge is 2.47. The molecular weight excluding hydrogens is 350 g/mol. The van der Waals surface area contributed by atoms with Gasteiger partial charge in [0.15, 0.2) is 6.10 Å². The topological polar surface area (TPSA) is 105 Å². The van der Waals surface area contributed by atoms with E-state index in [1.54, 1.807) is 13.8 Å². The van der Waals surface area contributed by atoms with Gasteiger partial charge in [0, 0.05) is 6.54 Å². The van der Waals surface area contributed by atoms with E-state index in [-0.39, 0.29) is 0 Å². The summed E-state index contributed by atoms with van der Waals surface area (Å²) in [4.78, 5) is 49.1. The predicted octanol–water partition coefficient (Wildman–Crippen LogP) is 1.26. The summed E-state index contributed by atoms with van der Waals surface area (Å²) in [5.74, 6) is -1.76. The summed E-state index contributed by atoms with van der Waals surface area (Å²) in [6.45, 7) is 6.54. The van der Waals surface area contributed by atoms with E-state index in [1.165, 1.54) is 6.92 Å². The van der Waals surface area contributed by atoms with Gasteiger partial charge < -0.3 is 15.4 Å². The van der Waals surface area contributed by atoms with Crippen LogP contribution in [0.25, 0.3) is 0 Å². The van der Waals surface area contributed by atoms with Crippen molar-refractivity contribution in [2.75, 3.05) is 6.54 Å². The zero-order valence-corrected chi connectivity index (χ0v) is 16.0. The van der Waals surface area contributed by atoms with Gasteiger partial charge in [-0.15, -0.1) is 0 Å². The van der Waals surface area contributed by atoms with Crippen LogP contribution in [0.5, 0.6) is 0 Å². The molecule has 0 saturated carbocycles. The minimum atomic E-state index is -1.04. The van der Waals surface area contributed by atoms with Crippen LogP contribution >= 0.6 is 0 Å². The van der Waals surface area contributed by atoms with E-state index in [4.69, 9.17) is 4.74 Å². The van der Waals surface area contributed by atoms with Crippen molar-refractivity contribution in [2.45, 2.75) is 52.3 Å². The Hall–Kier alpha value is -2.90. The normalized spacial score (nSPS) is 20.2. The number of hydrogen-bond donors (Lipinski definition) is 2. The molecule has 1 aliphatic rings. The van der Waals surface area contributed by atoms with Gasteiger partial charge in [-0.2, -0.15) is 0 Å². The van der Waals surface area contributed by atoms with Crippen molar-refractivity contribution in [3.05, 3.63) is 35.4 Å². The monoisotopic (exact) mass is 375 g/mol. The van der Waals surface area contributed by atoms with Gasteiger partial charge in [-0.05, 0) is 32.8 Å². The second-order valence-electron chi connectivity index (χ2n) is 6.84. The van der Waals surface area contributed by atoms with E-state index in [9.17, 15) is 19.2 Å². The van der Waals surface area contributed by atoms with Crippen molar-refractivity contribution in [1.29, 1.82) is 0 Å². The zero-order valence-electron chi connectivity index (χ0n) is 16.0. The number of carbonyl (C=O) groups excluding carboxylic acids is 4. The second kappa shape index (κ2) is 8.20. The standard InChI is InChI=1S/C19H25N3O5/c1-5-19(4)17(25)22(18(26)21-19)11-15(23)27-13(3)16(24)20-10-14-8-6-12(2)7-9-14/h6-9,13H,5,10-11H2,1-4H3,(H,20,24)(H,21,26)/t13-,19-/m0/s1. The number of nitrogens with zero attached hydrogens (tertiary/aromatic N) is 1. The van der Waals surface area contributed by atoms with E-state index in [0.717, 1.165) is 16.0 Å². The number of urea groups is 1. The number of benzene rings is 1. The summed E-state index contributed by atoms with van der Waals surface area (Å²) >= 11 is 0. The molecule has 0 aliphatic carbocycles. The highest BCUT2D eigenvalue weighted by Crippen LogP contribution is 2.20. The van der Waals surface area contributed by atoms with Crippen molar-refractivity contribution in [1.82, 2.24) is 15.5 Å². The average molecular weight is 375 g/mol. The number of hydrogen-bond acceptors (Lipinski definition) is 5. The maximum absolute atomic E-state index is 12.3. The van der Waals surface area contributed by atoms with Crippen LogP contribution in [-0.4, -0.2) is 46.9 Å². The first-order chi connectivity index (χ1) is 12.7. The van der Waals surface area contributed by atoms with Gasteiger partial charge in [0.05, 0.1) is 0 Å². The SMILES string of the molecule is CC[C@]1(C)NC(=O)N(CC(=O)O[C@@H](C)C(=O)NCc2ccc(C)cc2)C1=O. The molecule has 0 aromatic heterocycles. The highest BCUT2D eigenvalue weighted by atomic mass is 16.5. The van der Waals surface area contributed by atoms with Crippen LogP contribution < -0.4 is 10.6 Å². The summed E-state index contributed by atoms with van der Waals surface area (Å²) in [5.41, 5.74) is 1.02. The highest BCUT2D eigenvalue weighted by molar-refractivity contribution is 6.08. The van der Waals surface area contributed by atoms with E-state index in [1.807, 2.05) is 31.2 Å². The Bertz CT molecular complexity index is 746. The fourth-order valence-corrected chi connectivity index (χ4v) is 2.59. The van der Waals surface area contributed by atoms with E-state index in [0.29, 0.717) is 13.0 Å². The predicted molar refractivity (Wildman–Crippen MR) is 97.5 cm³/mol. The summed E-state index contributed by atoms with van der Waals surface area (Å²) < 4.78 is 5.06. The van der Waals surface area contributed by atoms with Crippen LogP contribution in [-0.2, 0) is 25.7 Å². The number of esters is 1. The lowest BCUT2D eigenvalue weighted by Gasteiger charge is -2.19. The van der Waals surface area contributed by atoms with Crippen molar-refractivity contribution in [3.63, 3.8) is 0 Å². The molecule has 1 saturated heterocycles. The lowest BCUT2D eigenvalue weighted by molar-refractivity contribution is -0.156. The van der Waals surface area contributed by atoms with Crippen LogP contribution in [0.1, 0.15) is 38.3 Å². The fourth-order valence-electron chi connectivity index (χ4n) is 2.59. The summed E-state index contributed by atoms with van der Waals surface area (Å²) in [6.07, 6.45) is -0.637. The van der Waals surface area contributed by atoms with Gasteiger partial charge in [0.25, 0.3) is 11.8 Å². The van der Waals surface area contributed by atoms with Crippen molar-refractivity contribution < 1.29 is 23.9 Å². The number of amides is 4. The van der Waals surface area contributed by atoms with Gasteiger partial charge in [-0.3, -0.25) is 19.3 Å². The molecule has 1 aromatic carbocycles. The lowest BCUT2D eigenvalue weighted by atomic mass is 9.99. The maximum atomic E-state index is 12.3. The molecule has 1 aliphatic heterocycles. The first-order valence-electron chi connectivity index (χ1n) is 8.83. The molecule has 0 unspecified atom stereocenters. The number of ether oxygens (including phenoxy) is 1. The Kier molecular flexibility index (Phi) is 6.20. The first kappa shape index (κ1) is 20.4. The van der Waals surface area contributed by atoms with Crippen LogP contribution in [0.2, 0.25) is 0 Å². The molecule has 1 heterocycles.